The SMILES string of the molecule is CCC(=O)n1nc(CCC(C)C)n(Cc2ccc(-c3ccccc3-c3nn[nH]n3)cc2)c1=O. The predicted molar refractivity (Wildman–Crippen MR) is 125 cm³/mol. The van der Waals surface area contributed by atoms with Crippen molar-refractivity contribution in [3.8, 4) is 22.5 Å². The smallest absolute Gasteiger partial charge is 0.274 e. The van der Waals surface area contributed by atoms with Gasteiger partial charge in [0, 0.05) is 18.4 Å². The topological polar surface area (TPSA) is 111 Å². The van der Waals surface area contributed by atoms with Gasteiger partial charge in [-0.05, 0) is 34.2 Å². The molecule has 9 heteroatoms. The zero-order chi connectivity index (χ0) is 23.4. The van der Waals surface area contributed by atoms with Gasteiger partial charge >= 0.3 is 5.69 Å². The maximum absolute atomic E-state index is 12.9. The third-order valence-corrected chi connectivity index (χ3v) is 5.54. The highest BCUT2D eigenvalue weighted by Crippen LogP contribution is 2.29. The first-order valence-corrected chi connectivity index (χ1v) is 11.1. The number of aryl methyl sites for hydroxylation is 1. The van der Waals surface area contributed by atoms with E-state index in [1.54, 1.807) is 11.5 Å². The minimum Gasteiger partial charge on any atom is -0.274 e. The lowest BCUT2D eigenvalue weighted by Crippen LogP contribution is -2.30. The molecule has 0 unspecified atom stereocenters. The summed E-state index contributed by atoms with van der Waals surface area (Å²) in [6.07, 6.45) is 1.77. The molecule has 2 aromatic carbocycles. The Hall–Kier alpha value is -3.88. The Morgan fingerprint density at radius 3 is 2.42 bits per heavy atom. The molecule has 0 spiro atoms. The van der Waals surface area contributed by atoms with Crippen molar-refractivity contribution in [3.63, 3.8) is 0 Å². The lowest BCUT2D eigenvalue weighted by Gasteiger charge is -2.10. The van der Waals surface area contributed by atoms with Gasteiger partial charge in [-0.25, -0.2) is 4.79 Å². The van der Waals surface area contributed by atoms with Crippen molar-refractivity contribution < 1.29 is 4.79 Å². The lowest BCUT2D eigenvalue weighted by atomic mass is 9.98. The molecule has 33 heavy (non-hydrogen) atoms. The summed E-state index contributed by atoms with van der Waals surface area (Å²) in [6, 6.07) is 15.9. The summed E-state index contributed by atoms with van der Waals surface area (Å²) in [7, 11) is 0. The van der Waals surface area contributed by atoms with Crippen molar-refractivity contribution in [2.45, 2.75) is 46.6 Å². The van der Waals surface area contributed by atoms with E-state index >= 15 is 0 Å². The van der Waals surface area contributed by atoms with E-state index in [4.69, 9.17) is 0 Å². The van der Waals surface area contributed by atoms with Gasteiger partial charge in [0.05, 0.1) is 6.54 Å². The zero-order valence-electron chi connectivity index (χ0n) is 19.0. The normalized spacial score (nSPS) is 11.3. The second-order valence-corrected chi connectivity index (χ2v) is 8.35. The van der Waals surface area contributed by atoms with E-state index < -0.39 is 0 Å². The van der Waals surface area contributed by atoms with Gasteiger partial charge in [-0.2, -0.15) is 5.21 Å². The number of tetrazole rings is 1. The molecule has 2 aromatic heterocycles. The summed E-state index contributed by atoms with van der Waals surface area (Å²) >= 11 is 0. The molecule has 0 aliphatic heterocycles. The highest BCUT2D eigenvalue weighted by Gasteiger charge is 2.18. The average Bonchev–Trinajstić information content (AvgIpc) is 3.47. The minimum atomic E-state index is -0.382. The number of benzene rings is 2. The van der Waals surface area contributed by atoms with Gasteiger partial charge in [-0.1, -0.05) is 69.3 Å². The van der Waals surface area contributed by atoms with Crippen LogP contribution >= 0.6 is 0 Å². The summed E-state index contributed by atoms with van der Waals surface area (Å²) in [5.41, 5.74) is 3.44. The van der Waals surface area contributed by atoms with Crippen molar-refractivity contribution in [3.05, 3.63) is 70.4 Å². The molecule has 170 valence electrons. The molecule has 0 amide bonds. The van der Waals surface area contributed by atoms with Crippen LogP contribution in [-0.2, 0) is 13.0 Å². The fourth-order valence-electron chi connectivity index (χ4n) is 3.69. The number of aromatic amines is 1. The van der Waals surface area contributed by atoms with Gasteiger partial charge in [0.15, 0.2) is 0 Å². The van der Waals surface area contributed by atoms with E-state index in [1.165, 1.54) is 0 Å². The molecule has 0 radical (unpaired) electrons. The molecule has 1 N–H and O–H groups in total. The van der Waals surface area contributed by atoms with Crippen LogP contribution in [0.3, 0.4) is 0 Å². The standard InChI is InChI=1S/C24H27N7O2/c1-4-22(32)31-24(33)30(21(27-31)14-9-16(2)3)15-17-10-12-18(13-11-17)19-7-5-6-8-20(19)23-25-28-29-26-23/h5-8,10-13,16H,4,9,14-15H2,1-3H3,(H,25,26,28,29). The number of hydrogen-bond acceptors (Lipinski definition) is 6. The van der Waals surface area contributed by atoms with Gasteiger partial charge in [-0.15, -0.1) is 20.0 Å². The first-order chi connectivity index (χ1) is 16.0. The number of carbonyl (C=O) groups is 1. The number of nitrogens with one attached hydrogen (secondary N) is 1. The quantitative estimate of drug-likeness (QED) is 0.444. The van der Waals surface area contributed by atoms with Crippen LogP contribution in [0.2, 0.25) is 0 Å². The molecule has 0 bridgehead atoms. The number of carbonyl (C=O) groups excluding carboxylic acids is 1. The summed E-state index contributed by atoms with van der Waals surface area (Å²) in [5.74, 6) is 1.35. The van der Waals surface area contributed by atoms with Crippen LogP contribution in [-0.4, -0.2) is 40.9 Å². The van der Waals surface area contributed by atoms with Crippen molar-refractivity contribution >= 4 is 5.91 Å². The highest BCUT2D eigenvalue weighted by molar-refractivity contribution is 5.80. The molecule has 4 rings (SSSR count). The van der Waals surface area contributed by atoms with Gasteiger partial charge in [0.25, 0.3) is 5.91 Å². The molecule has 0 saturated carbocycles. The Bertz CT molecular complexity index is 1290. The molecule has 0 aliphatic rings. The van der Waals surface area contributed by atoms with E-state index in [0.717, 1.165) is 33.4 Å². The van der Waals surface area contributed by atoms with Crippen molar-refractivity contribution in [1.29, 1.82) is 0 Å². The second-order valence-electron chi connectivity index (χ2n) is 8.35. The Kier molecular flexibility index (Phi) is 6.58. The maximum Gasteiger partial charge on any atom is 0.353 e. The number of aromatic nitrogens is 7. The molecule has 2 heterocycles. The summed E-state index contributed by atoms with van der Waals surface area (Å²) < 4.78 is 2.61. The van der Waals surface area contributed by atoms with Crippen LogP contribution in [0.25, 0.3) is 22.5 Å². The lowest BCUT2D eigenvalue weighted by molar-refractivity contribution is 0.0887. The number of nitrogens with zero attached hydrogens (tertiary/aromatic N) is 6. The van der Waals surface area contributed by atoms with E-state index in [2.05, 4.69) is 39.6 Å². The molecule has 4 aromatic rings. The number of hydrogen-bond donors (Lipinski definition) is 1. The zero-order valence-corrected chi connectivity index (χ0v) is 19.0. The van der Waals surface area contributed by atoms with Crippen LogP contribution in [0.1, 0.15) is 49.8 Å². The van der Waals surface area contributed by atoms with Crippen LogP contribution in [0.4, 0.5) is 0 Å². The van der Waals surface area contributed by atoms with Gasteiger partial charge in [0.2, 0.25) is 5.82 Å². The van der Waals surface area contributed by atoms with E-state index in [0.29, 0.717) is 30.5 Å². The van der Waals surface area contributed by atoms with Gasteiger partial charge in [0.1, 0.15) is 5.82 Å². The van der Waals surface area contributed by atoms with Crippen LogP contribution in [0.15, 0.2) is 53.3 Å². The molecule has 0 aliphatic carbocycles. The minimum absolute atomic E-state index is 0.231. The Labute approximate surface area is 191 Å². The third-order valence-electron chi connectivity index (χ3n) is 5.54. The Balaban J connectivity index is 1.63. The number of H-pyrrole nitrogens is 1. The molecule has 0 fully saturated rings. The largest absolute Gasteiger partial charge is 0.353 e. The van der Waals surface area contributed by atoms with Crippen LogP contribution in [0.5, 0.6) is 0 Å². The molecular formula is C24H27N7O2. The Morgan fingerprint density at radius 1 is 1.06 bits per heavy atom. The third kappa shape index (κ3) is 4.82. The summed E-state index contributed by atoms with van der Waals surface area (Å²) in [5, 5.41) is 18.7. The van der Waals surface area contributed by atoms with Crippen molar-refractivity contribution in [2.75, 3.05) is 0 Å². The van der Waals surface area contributed by atoms with Crippen molar-refractivity contribution in [2.24, 2.45) is 5.92 Å². The Morgan fingerprint density at radius 2 is 1.79 bits per heavy atom. The second kappa shape index (κ2) is 9.72. The van der Waals surface area contributed by atoms with Crippen LogP contribution in [0, 0.1) is 5.92 Å². The number of rotatable bonds is 8. The maximum atomic E-state index is 12.9. The monoisotopic (exact) mass is 445 g/mol. The van der Waals surface area contributed by atoms with Crippen molar-refractivity contribution in [1.82, 2.24) is 35.0 Å². The highest BCUT2D eigenvalue weighted by atomic mass is 16.2. The van der Waals surface area contributed by atoms with E-state index in [1.807, 2.05) is 48.5 Å². The molecule has 9 nitrogen and oxygen atoms in total. The fourth-order valence-corrected chi connectivity index (χ4v) is 3.69. The van der Waals surface area contributed by atoms with Gasteiger partial charge in [-0.3, -0.25) is 9.36 Å². The predicted octanol–water partition coefficient (Wildman–Crippen LogP) is 3.58. The fraction of sp³-hybridized carbons (Fsp3) is 0.333. The van der Waals surface area contributed by atoms with E-state index in [-0.39, 0.29) is 18.0 Å². The average molecular weight is 446 g/mol. The van der Waals surface area contributed by atoms with Crippen LogP contribution < -0.4 is 5.69 Å². The molecule has 0 saturated heterocycles. The molecular weight excluding hydrogens is 418 g/mol. The summed E-state index contributed by atoms with van der Waals surface area (Å²) in [4.78, 5) is 25.1. The summed E-state index contributed by atoms with van der Waals surface area (Å²) in [6.45, 7) is 6.34. The first-order valence-electron chi connectivity index (χ1n) is 11.1. The first kappa shape index (κ1) is 22.3. The molecule has 0 atom stereocenters. The van der Waals surface area contributed by atoms with Gasteiger partial charge < -0.3 is 0 Å². The van der Waals surface area contributed by atoms with E-state index in [9.17, 15) is 9.59 Å².